The quantitative estimate of drug-likeness (QED) is 0.714. The van der Waals surface area contributed by atoms with Crippen molar-refractivity contribution in [2.24, 2.45) is 5.73 Å². The molecule has 20 heavy (non-hydrogen) atoms. The summed E-state index contributed by atoms with van der Waals surface area (Å²) in [7, 11) is 0. The van der Waals surface area contributed by atoms with Gasteiger partial charge in [-0.05, 0) is 25.3 Å². The summed E-state index contributed by atoms with van der Waals surface area (Å²) < 4.78 is 0. The van der Waals surface area contributed by atoms with E-state index in [4.69, 9.17) is 5.73 Å². The fraction of sp³-hybridized carbons (Fsp3) is 0.588. The Balaban J connectivity index is 2.50. The average Bonchev–Trinajstić information content (AvgIpc) is 2.45. The number of benzene rings is 1. The number of rotatable bonds is 10. The highest BCUT2D eigenvalue weighted by molar-refractivity contribution is 5.73. The summed E-state index contributed by atoms with van der Waals surface area (Å²) in [5, 5.41) is 0. The number of hydrogen-bond donors (Lipinski definition) is 1. The van der Waals surface area contributed by atoms with Crippen LogP contribution in [-0.4, -0.2) is 29.9 Å². The lowest BCUT2D eigenvalue weighted by atomic mass is 10.1. The summed E-state index contributed by atoms with van der Waals surface area (Å²) in [6.45, 7) is 6.22. The molecular formula is C17H28N2O. The number of nitrogens with zero attached hydrogens (tertiary/aromatic N) is 1. The van der Waals surface area contributed by atoms with Crippen LogP contribution in [0.5, 0.6) is 0 Å². The predicted molar refractivity (Wildman–Crippen MR) is 84.5 cm³/mol. The molecule has 1 aromatic rings. The van der Waals surface area contributed by atoms with Crippen LogP contribution >= 0.6 is 0 Å². The summed E-state index contributed by atoms with van der Waals surface area (Å²) >= 11 is 0. The summed E-state index contributed by atoms with van der Waals surface area (Å²) in [4.78, 5) is 13.4. The minimum Gasteiger partial charge on any atom is -0.370 e. The number of unbranched alkanes of at least 4 members (excludes halogenated alkanes) is 1. The van der Waals surface area contributed by atoms with Gasteiger partial charge in [-0.3, -0.25) is 9.69 Å². The van der Waals surface area contributed by atoms with Gasteiger partial charge in [0.1, 0.15) is 0 Å². The summed E-state index contributed by atoms with van der Waals surface area (Å²) in [5.41, 5.74) is 6.63. The largest absolute Gasteiger partial charge is 0.370 e. The number of nitrogens with two attached hydrogens (primary N) is 1. The van der Waals surface area contributed by atoms with Crippen LogP contribution in [0.4, 0.5) is 0 Å². The highest BCUT2D eigenvalue weighted by Gasteiger charge is 2.14. The van der Waals surface area contributed by atoms with Crippen LogP contribution in [0.15, 0.2) is 30.3 Å². The van der Waals surface area contributed by atoms with Crippen LogP contribution in [0.2, 0.25) is 0 Å². The third kappa shape index (κ3) is 6.71. The second-order valence-corrected chi connectivity index (χ2v) is 5.48. The lowest BCUT2D eigenvalue weighted by Crippen LogP contribution is -2.37. The molecule has 0 unspecified atom stereocenters. The highest BCUT2D eigenvalue weighted by atomic mass is 16.1. The Morgan fingerprint density at radius 3 is 2.55 bits per heavy atom. The third-order valence-corrected chi connectivity index (χ3v) is 3.77. The summed E-state index contributed by atoms with van der Waals surface area (Å²) in [5.74, 6) is -0.211. The smallest absolute Gasteiger partial charge is 0.218 e. The SMILES string of the molecule is CCCC[C@@H](C)N(CCC(N)=O)CCc1ccccc1. The molecule has 0 aliphatic carbocycles. The van der Waals surface area contributed by atoms with Crippen molar-refractivity contribution < 1.29 is 4.79 Å². The van der Waals surface area contributed by atoms with Gasteiger partial charge in [-0.25, -0.2) is 0 Å². The highest BCUT2D eigenvalue weighted by Crippen LogP contribution is 2.11. The van der Waals surface area contributed by atoms with Crippen LogP contribution in [0.1, 0.15) is 45.1 Å². The van der Waals surface area contributed by atoms with Gasteiger partial charge in [-0.2, -0.15) is 0 Å². The fourth-order valence-corrected chi connectivity index (χ4v) is 2.41. The van der Waals surface area contributed by atoms with Crippen molar-refractivity contribution >= 4 is 5.91 Å². The van der Waals surface area contributed by atoms with Crippen molar-refractivity contribution in [2.45, 2.75) is 52.0 Å². The van der Waals surface area contributed by atoms with E-state index in [1.54, 1.807) is 0 Å². The number of hydrogen-bond acceptors (Lipinski definition) is 2. The van der Waals surface area contributed by atoms with Crippen molar-refractivity contribution in [1.29, 1.82) is 0 Å². The Morgan fingerprint density at radius 2 is 1.95 bits per heavy atom. The van der Waals surface area contributed by atoms with Crippen LogP contribution in [0.25, 0.3) is 0 Å². The van der Waals surface area contributed by atoms with Crippen molar-refractivity contribution in [3.8, 4) is 0 Å². The molecule has 0 aromatic heterocycles. The van der Waals surface area contributed by atoms with E-state index in [9.17, 15) is 4.79 Å². The Labute approximate surface area is 123 Å². The molecule has 0 aliphatic rings. The van der Waals surface area contributed by atoms with Gasteiger partial charge < -0.3 is 5.73 Å². The molecule has 1 aromatic carbocycles. The second kappa shape index (κ2) is 9.54. The number of primary amides is 1. The number of carbonyl (C=O) groups is 1. The van der Waals surface area contributed by atoms with Crippen molar-refractivity contribution in [3.63, 3.8) is 0 Å². The van der Waals surface area contributed by atoms with Gasteiger partial charge in [0, 0.05) is 25.6 Å². The van der Waals surface area contributed by atoms with Gasteiger partial charge in [0.05, 0.1) is 0 Å². The molecule has 0 radical (unpaired) electrons. The summed E-state index contributed by atoms with van der Waals surface area (Å²) in [6.07, 6.45) is 5.11. The van der Waals surface area contributed by atoms with E-state index >= 15 is 0 Å². The monoisotopic (exact) mass is 276 g/mol. The van der Waals surface area contributed by atoms with E-state index in [2.05, 4.69) is 43.0 Å². The molecule has 0 aliphatic heterocycles. The van der Waals surface area contributed by atoms with Gasteiger partial charge in [-0.1, -0.05) is 50.1 Å². The third-order valence-electron chi connectivity index (χ3n) is 3.77. The average molecular weight is 276 g/mol. The molecule has 0 saturated heterocycles. The molecule has 2 N–H and O–H groups in total. The predicted octanol–water partition coefficient (Wildman–Crippen LogP) is 2.99. The lowest BCUT2D eigenvalue weighted by molar-refractivity contribution is -0.118. The first-order chi connectivity index (χ1) is 9.63. The van der Waals surface area contributed by atoms with Crippen molar-refractivity contribution in [3.05, 3.63) is 35.9 Å². The van der Waals surface area contributed by atoms with Gasteiger partial charge >= 0.3 is 0 Å². The zero-order chi connectivity index (χ0) is 14.8. The molecule has 112 valence electrons. The van der Waals surface area contributed by atoms with Gasteiger partial charge in [0.25, 0.3) is 0 Å². The lowest BCUT2D eigenvalue weighted by Gasteiger charge is -2.29. The number of carbonyl (C=O) groups excluding carboxylic acids is 1. The van der Waals surface area contributed by atoms with Crippen LogP contribution in [0, 0.1) is 0 Å². The van der Waals surface area contributed by atoms with Crippen LogP contribution < -0.4 is 5.73 Å². The molecule has 0 saturated carbocycles. The Morgan fingerprint density at radius 1 is 1.25 bits per heavy atom. The molecule has 1 amide bonds. The Bertz CT molecular complexity index is 378. The van der Waals surface area contributed by atoms with Crippen molar-refractivity contribution in [2.75, 3.05) is 13.1 Å². The van der Waals surface area contributed by atoms with Crippen LogP contribution in [-0.2, 0) is 11.2 Å². The fourth-order valence-electron chi connectivity index (χ4n) is 2.41. The van der Waals surface area contributed by atoms with Gasteiger partial charge in [0.15, 0.2) is 0 Å². The molecular weight excluding hydrogens is 248 g/mol. The van der Waals surface area contributed by atoms with Crippen molar-refractivity contribution in [1.82, 2.24) is 4.90 Å². The van der Waals surface area contributed by atoms with E-state index in [0.29, 0.717) is 12.5 Å². The summed E-state index contributed by atoms with van der Waals surface area (Å²) in [6, 6.07) is 11.0. The normalized spacial score (nSPS) is 12.6. The minimum absolute atomic E-state index is 0.211. The maximum Gasteiger partial charge on any atom is 0.218 e. The van der Waals surface area contributed by atoms with Gasteiger partial charge in [-0.15, -0.1) is 0 Å². The molecule has 3 heteroatoms. The Kier molecular flexibility index (Phi) is 7.97. The minimum atomic E-state index is -0.211. The van der Waals surface area contributed by atoms with E-state index in [0.717, 1.165) is 19.5 Å². The topological polar surface area (TPSA) is 46.3 Å². The zero-order valence-corrected chi connectivity index (χ0v) is 12.8. The van der Waals surface area contributed by atoms with Gasteiger partial charge in [0.2, 0.25) is 5.91 Å². The zero-order valence-electron chi connectivity index (χ0n) is 12.8. The van der Waals surface area contributed by atoms with E-state index in [1.807, 2.05) is 6.07 Å². The molecule has 3 nitrogen and oxygen atoms in total. The molecule has 0 bridgehead atoms. The van der Waals surface area contributed by atoms with Crippen LogP contribution in [0.3, 0.4) is 0 Å². The maximum atomic E-state index is 11.0. The molecule has 0 heterocycles. The number of amides is 1. The first-order valence-electron chi connectivity index (χ1n) is 7.69. The molecule has 0 spiro atoms. The van der Waals surface area contributed by atoms with E-state index in [-0.39, 0.29) is 5.91 Å². The van der Waals surface area contributed by atoms with E-state index < -0.39 is 0 Å². The van der Waals surface area contributed by atoms with E-state index in [1.165, 1.54) is 24.8 Å². The maximum absolute atomic E-state index is 11.0. The first-order valence-corrected chi connectivity index (χ1v) is 7.69. The first kappa shape index (κ1) is 16.7. The molecule has 1 rings (SSSR count). The second-order valence-electron chi connectivity index (χ2n) is 5.48. The molecule has 0 fully saturated rings. The molecule has 1 atom stereocenters. The Hall–Kier alpha value is -1.35. The standard InChI is InChI=1S/C17H28N2O/c1-3-4-8-15(2)19(14-12-17(18)20)13-11-16-9-6-5-7-10-16/h5-7,9-10,15H,3-4,8,11-14H2,1-2H3,(H2,18,20)/t15-/m1/s1.